The second kappa shape index (κ2) is 8.53. The number of carbonyl (C=O) groups is 2. The molecule has 0 atom stereocenters. The zero-order valence-corrected chi connectivity index (χ0v) is 13.7. The summed E-state index contributed by atoms with van der Waals surface area (Å²) in [5, 5.41) is 15.5. The molecule has 1 aromatic carbocycles. The lowest BCUT2D eigenvalue weighted by Gasteiger charge is -2.19. The van der Waals surface area contributed by atoms with Gasteiger partial charge >= 0.3 is 6.09 Å². The van der Waals surface area contributed by atoms with Crippen molar-refractivity contribution in [1.82, 2.24) is 10.6 Å². The van der Waals surface area contributed by atoms with Crippen molar-refractivity contribution in [2.24, 2.45) is 0 Å². The molecule has 8 nitrogen and oxygen atoms in total. The normalized spacial score (nSPS) is 10.1. The number of amides is 2. The first-order valence-electron chi connectivity index (χ1n) is 7.18. The van der Waals surface area contributed by atoms with Gasteiger partial charge < -0.3 is 15.4 Å². The fourth-order valence-corrected chi connectivity index (χ4v) is 1.49. The molecule has 0 unspecified atom stereocenters. The molecule has 24 heavy (non-hydrogen) atoms. The van der Waals surface area contributed by atoms with Crippen molar-refractivity contribution in [1.29, 1.82) is 0 Å². The van der Waals surface area contributed by atoms with Gasteiger partial charge in [0.2, 0.25) is 0 Å². The zero-order valence-electron chi connectivity index (χ0n) is 13.7. The standard InChI is InChI=1S/C16H19N3O5/c1-16(2,3)24-15(21)18-11-10-17-14(20)9-6-12-4-7-13(8-5-12)19(22)23/h4-5,7-8H,10-11H2,1-3H3,(H,17,20)(H,18,21). The summed E-state index contributed by atoms with van der Waals surface area (Å²) >= 11 is 0. The van der Waals surface area contributed by atoms with Crippen molar-refractivity contribution in [3.05, 3.63) is 39.9 Å². The minimum Gasteiger partial charge on any atom is -0.444 e. The van der Waals surface area contributed by atoms with Crippen LogP contribution in [0.15, 0.2) is 24.3 Å². The highest BCUT2D eigenvalue weighted by Gasteiger charge is 2.15. The van der Waals surface area contributed by atoms with Crippen molar-refractivity contribution in [3.63, 3.8) is 0 Å². The lowest BCUT2D eigenvalue weighted by molar-refractivity contribution is -0.384. The van der Waals surface area contributed by atoms with Crippen LogP contribution in [0, 0.1) is 22.0 Å². The number of benzene rings is 1. The maximum Gasteiger partial charge on any atom is 0.407 e. The van der Waals surface area contributed by atoms with E-state index < -0.39 is 22.5 Å². The number of ether oxygens (including phenoxy) is 1. The third-order valence-corrected chi connectivity index (χ3v) is 2.48. The van der Waals surface area contributed by atoms with Crippen LogP contribution in [0.2, 0.25) is 0 Å². The molecule has 0 saturated carbocycles. The van der Waals surface area contributed by atoms with Gasteiger partial charge in [0.05, 0.1) is 4.92 Å². The summed E-state index contributed by atoms with van der Waals surface area (Å²) in [4.78, 5) is 32.9. The van der Waals surface area contributed by atoms with Gasteiger partial charge in [-0.2, -0.15) is 0 Å². The first-order valence-corrected chi connectivity index (χ1v) is 7.18. The van der Waals surface area contributed by atoms with E-state index in [4.69, 9.17) is 4.74 Å². The average molecular weight is 333 g/mol. The Morgan fingerprint density at radius 3 is 2.29 bits per heavy atom. The third kappa shape index (κ3) is 7.79. The summed E-state index contributed by atoms with van der Waals surface area (Å²) in [6.07, 6.45) is -0.561. The van der Waals surface area contributed by atoms with Crippen LogP contribution in [0.4, 0.5) is 10.5 Å². The summed E-state index contributed by atoms with van der Waals surface area (Å²) in [5.74, 6) is 4.44. The molecule has 0 radical (unpaired) electrons. The molecule has 0 aliphatic rings. The molecular formula is C16H19N3O5. The number of nitrogens with one attached hydrogen (secondary N) is 2. The van der Waals surface area contributed by atoms with Gasteiger partial charge in [-0.15, -0.1) is 0 Å². The molecule has 0 aliphatic heterocycles. The lowest BCUT2D eigenvalue weighted by atomic mass is 10.2. The zero-order chi connectivity index (χ0) is 18.2. The van der Waals surface area contributed by atoms with Crippen molar-refractivity contribution >= 4 is 17.7 Å². The minimum absolute atomic E-state index is 0.0433. The van der Waals surface area contributed by atoms with Gasteiger partial charge in [-0.3, -0.25) is 14.9 Å². The molecule has 0 saturated heterocycles. The topological polar surface area (TPSA) is 111 Å². The lowest BCUT2D eigenvalue weighted by Crippen LogP contribution is -2.37. The first kappa shape index (κ1) is 19.0. The van der Waals surface area contributed by atoms with Crippen LogP contribution in [0.3, 0.4) is 0 Å². The van der Waals surface area contributed by atoms with Crippen LogP contribution in [-0.2, 0) is 9.53 Å². The second-order valence-corrected chi connectivity index (χ2v) is 5.74. The largest absolute Gasteiger partial charge is 0.444 e. The molecule has 0 aliphatic carbocycles. The van der Waals surface area contributed by atoms with Crippen molar-refractivity contribution < 1.29 is 19.2 Å². The number of carbonyl (C=O) groups excluding carboxylic acids is 2. The summed E-state index contributed by atoms with van der Waals surface area (Å²) in [6, 6.07) is 5.55. The number of non-ortho nitro benzene ring substituents is 1. The minimum atomic E-state index is -0.580. The van der Waals surface area contributed by atoms with E-state index in [2.05, 4.69) is 22.5 Å². The molecular weight excluding hydrogens is 314 g/mol. The number of nitro benzene ring substituents is 1. The van der Waals surface area contributed by atoms with Crippen molar-refractivity contribution in [2.45, 2.75) is 26.4 Å². The molecule has 0 spiro atoms. The maximum absolute atomic E-state index is 11.5. The Morgan fingerprint density at radius 1 is 1.17 bits per heavy atom. The van der Waals surface area contributed by atoms with Gasteiger partial charge in [-0.05, 0) is 32.9 Å². The smallest absolute Gasteiger partial charge is 0.407 e. The van der Waals surface area contributed by atoms with Crippen LogP contribution < -0.4 is 10.6 Å². The maximum atomic E-state index is 11.5. The highest BCUT2D eigenvalue weighted by Crippen LogP contribution is 2.10. The molecule has 0 heterocycles. The second-order valence-electron chi connectivity index (χ2n) is 5.74. The molecule has 128 valence electrons. The highest BCUT2D eigenvalue weighted by atomic mass is 16.6. The Kier molecular flexibility index (Phi) is 6.74. The van der Waals surface area contributed by atoms with Gasteiger partial charge in [-0.1, -0.05) is 5.92 Å². The van der Waals surface area contributed by atoms with Crippen LogP contribution >= 0.6 is 0 Å². The summed E-state index contributed by atoms with van der Waals surface area (Å²) < 4.78 is 5.04. The van der Waals surface area contributed by atoms with E-state index in [0.29, 0.717) is 5.56 Å². The molecule has 0 fully saturated rings. The van der Waals surface area contributed by atoms with Gasteiger partial charge in [0.1, 0.15) is 5.60 Å². The Hall–Kier alpha value is -3.08. The average Bonchev–Trinajstić information content (AvgIpc) is 2.48. The first-order chi connectivity index (χ1) is 11.2. The molecule has 1 rings (SSSR count). The summed E-state index contributed by atoms with van der Waals surface area (Å²) in [6.45, 7) is 5.67. The van der Waals surface area contributed by atoms with Gasteiger partial charge in [0.25, 0.3) is 11.6 Å². The SMILES string of the molecule is CC(C)(C)OC(=O)NCCNC(=O)C#Cc1ccc([N+](=O)[O-])cc1. The molecule has 0 bridgehead atoms. The van der Waals surface area contributed by atoms with Crippen LogP contribution in [0.1, 0.15) is 26.3 Å². The quantitative estimate of drug-likeness (QED) is 0.376. The number of hydrogen-bond donors (Lipinski definition) is 2. The molecule has 8 heteroatoms. The molecule has 1 aromatic rings. The Morgan fingerprint density at radius 2 is 1.75 bits per heavy atom. The highest BCUT2D eigenvalue weighted by molar-refractivity contribution is 5.94. The summed E-state index contributed by atoms with van der Waals surface area (Å²) in [5.41, 5.74) is -0.135. The Labute approximate surface area is 139 Å². The monoisotopic (exact) mass is 333 g/mol. The van der Waals surface area contributed by atoms with E-state index in [9.17, 15) is 19.7 Å². The Balaban J connectivity index is 2.35. The predicted molar refractivity (Wildman–Crippen MR) is 87.2 cm³/mol. The number of hydrogen-bond acceptors (Lipinski definition) is 5. The van der Waals surface area contributed by atoms with E-state index in [1.165, 1.54) is 24.3 Å². The van der Waals surface area contributed by atoms with Crippen LogP contribution in [0.5, 0.6) is 0 Å². The number of rotatable bonds is 4. The van der Waals surface area contributed by atoms with Gasteiger partial charge in [0, 0.05) is 36.7 Å². The summed E-state index contributed by atoms with van der Waals surface area (Å²) in [7, 11) is 0. The number of nitrogens with zero attached hydrogens (tertiary/aromatic N) is 1. The van der Waals surface area contributed by atoms with E-state index in [1.54, 1.807) is 20.8 Å². The van der Waals surface area contributed by atoms with E-state index >= 15 is 0 Å². The van der Waals surface area contributed by atoms with Gasteiger partial charge in [-0.25, -0.2) is 4.79 Å². The fourth-order valence-electron chi connectivity index (χ4n) is 1.49. The van der Waals surface area contributed by atoms with E-state index in [-0.39, 0.29) is 18.8 Å². The third-order valence-electron chi connectivity index (χ3n) is 2.48. The van der Waals surface area contributed by atoms with Crippen LogP contribution in [-0.4, -0.2) is 35.6 Å². The molecule has 2 amide bonds. The van der Waals surface area contributed by atoms with Crippen LogP contribution in [0.25, 0.3) is 0 Å². The fraction of sp³-hybridized carbons (Fsp3) is 0.375. The number of nitro groups is 1. The van der Waals surface area contributed by atoms with E-state index in [1.807, 2.05) is 0 Å². The van der Waals surface area contributed by atoms with Crippen molar-refractivity contribution in [2.75, 3.05) is 13.1 Å². The van der Waals surface area contributed by atoms with Crippen molar-refractivity contribution in [3.8, 4) is 11.8 Å². The number of alkyl carbamates (subject to hydrolysis) is 1. The Bertz CT molecular complexity index is 666. The van der Waals surface area contributed by atoms with Gasteiger partial charge in [0.15, 0.2) is 0 Å². The molecule has 2 N–H and O–H groups in total. The predicted octanol–water partition coefficient (Wildman–Crippen LogP) is 1.59. The van der Waals surface area contributed by atoms with E-state index in [0.717, 1.165) is 0 Å². The molecule has 0 aromatic heterocycles.